The number of benzene rings is 3. The number of likely N-dealkylation sites (N-methyl/N-ethyl adjacent to an activating group) is 2. The number of carbonyl (C=O) groups excluding carboxylic acids is 2. The molecule has 0 aliphatic carbocycles. The van der Waals surface area contributed by atoms with Crippen LogP contribution in [-0.4, -0.2) is 108 Å². The average Bonchev–Trinajstić information content (AvgIpc) is 3.52. The van der Waals surface area contributed by atoms with Crippen LogP contribution in [0.4, 0.5) is 25.2 Å². The SMILES string of the molecule is CN1CCN(C(=O)OCc2cc(F)c(F)cc2-c2ccc3nc(N)nc(C(=O)N4Cc5ccc(N6CCN(C)CC6)cc5C4)c3c2)CC1. The molecule has 2 N–H and O–H groups in total. The minimum atomic E-state index is -1.05. The highest BCUT2D eigenvalue weighted by molar-refractivity contribution is 6.06. The predicted octanol–water partition coefficient (Wildman–Crippen LogP) is 3.95. The Labute approximate surface area is 277 Å². The molecule has 48 heavy (non-hydrogen) atoms. The molecular formula is C35H38F2N8O3. The third-order valence-electron chi connectivity index (χ3n) is 9.55. The first-order chi connectivity index (χ1) is 23.1. The van der Waals surface area contributed by atoms with Gasteiger partial charge in [0.05, 0.1) is 5.52 Å². The average molecular weight is 657 g/mol. The second-order valence-corrected chi connectivity index (χ2v) is 12.8. The summed E-state index contributed by atoms with van der Waals surface area (Å²) in [6.45, 7) is 6.96. The molecule has 0 spiro atoms. The molecule has 3 aliphatic rings. The lowest BCUT2D eigenvalue weighted by molar-refractivity contribution is 0.0746. The van der Waals surface area contributed by atoms with Crippen molar-refractivity contribution in [3.8, 4) is 11.1 Å². The first-order valence-electron chi connectivity index (χ1n) is 16.1. The van der Waals surface area contributed by atoms with Crippen LogP contribution in [0, 0.1) is 11.6 Å². The second kappa shape index (κ2) is 13.0. The van der Waals surface area contributed by atoms with E-state index >= 15 is 0 Å². The van der Waals surface area contributed by atoms with Crippen LogP contribution in [0.2, 0.25) is 0 Å². The number of hydrogen-bond donors (Lipinski definition) is 1. The minimum Gasteiger partial charge on any atom is -0.445 e. The van der Waals surface area contributed by atoms with Gasteiger partial charge >= 0.3 is 6.09 Å². The van der Waals surface area contributed by atoms with E-state index in [9.17, 15) is 18.4 Å². The fraction of sp³-hybridized carbons (Fsp3) is 0.371. The Morgan fingerprint density at radius 2 is 1.48 bits per heavy atom. The number of hydrogen-bond acceptors (Lipinski definition) is 9. The van der Waals surface area contributed by atoms with Crippen molar-refractivity contribution in [2.45, 2.75) is 19.7 Å². The predicted molar refractivity (Wildman–Crippen MR) is 178 cm³/mol. The Kier molecular flexibility index (Phi) is 8.56. The molecule has 1 aromatic heterocycles. The van der Waals surface area contributed by atoms with Crippen LogP contribution in [0.1, 0.15) is 27.2 Å². The first kappa shape index (κ1) is 31.7. The lowest BCUT2D eigenvalue weighted by Gasteiger charge is -2.34. The molecular weight excluding hydrogens is 618 g/mol. The van der Waals surface area contributed by atoms with Crippen LogP contribution < -0.4 is 10.6 Å². The van der Waals surface area contributed by atoms with Gasteiger partial charge in [0, 0.05) is 82.1 Å². The number of aromatic nitrogens is 2. The largest absolute Gasteiger partial charge is 0.445 e. The van der Waals surface area contributed by atoms with Gasteiger partial charge in [-0.2, -0.15) is 0 Å². The number of piperazine rings is 2. The molecule has 3 aliphatic heterocycles. The zero-order valence-corrected chi connectivity index (χ0v) is 27.1. The fourth-order valence-corrected chi connectivity index (χ4v) is 6.61. The van der Waals surface area contributed by atoms with E-state index in [4.69, 9.17) is 10.5 Å². The number of nitrogens with zero attached hydrogens (tertiary/aromatic N) is 7. The van der Waals surface area contributed by atoms with Crippen LogP contribution in [0.25, 0.3) is 22.0 Å². The summed E-state index contributed by atoms with van der Waals surface area (Å²) in [7, 11) is 4.10. The van der Waals surface area contributed by atoms with Gasteiger partial charge in [0.15, 0.2) is 11.6 Å². The van der Waals surface area contributed by atoms with E-state index in [0.717, 1.165) is 68.2 Å². The molecule has 0 bridgehead atoms. The number of amides is 2. The van der Waals surface area contributed by atoms with Gasteiger partial charge in [0.2, 0.25) is 5.95 Å². The highest BCUT2D eigenvalue weighted by atomic mass is 19.2. The van der Waals surface area contributed by atoms with E-state index in [1.54, 1.807) is 28.0 Å². The van der Waals surface area contributed by atoms with Crippen molar-refractivity contribution >= 4 is 34.5 Å². The van der Waals surface area contributed by atoms with Crippen molar-refractivity contribution in [3.63, 3.8) is 0 Å². The van der Waals surface area contributed by atoms with Crippen LogP contribution in [0.15, 0.2) is 48.5 Å². The number of fused-ring (bicyclic) bond motifs is 2. The summed E-state index contributed by atoms with van der Waals surface area (Å²) in [5.41, 5.74) is 11.0. The molecule has 11 nitrogen and oxygen atoms in total. The summed E-state index contributed by atoms with van der Waals surface area (Å²) in [6, 6.07) is 13.5. The number of nitrogen functional groups attached to an aromatic ring is 1. The summed E-state index contributed by atoms with van der Waals surface area (Å²) in [5, 5.41) is 0.422. The van der Waals surface area contributed by atoms with Crippen LogP contribution in [0.3, 0.4) is 0 Å². The molecule has 0 unspecified atom stereocenters. The minimum absolute atomic E-state index is 0.0444. The summed E-state index contributed by atoms with van der Waals surface area (Å²) >= 11 is 0. The van der Waals surface area contributed by atoms with Gasteiger partial charge in [-0.05, 0) is 72.7 Å². The molecule has 2 saturated heterocycles. The number of ether oxygens (including phenoxy) is 1. The molecule has 13 heteroatoms. The van der Waals surface area contributed by atoms with Crippen molar-refractivity contribution in [1.82, 2.24) is 29.6 Å². The van der Waals surface area contributed by atoms with E-state index < -0.39 is 17.7 Å². The van der Waals surface area contributed by atoms with Gasteiger partial charge in [-0.3, -0.25) is 4.79 Å². The Hall–Kier alpha value is -4.88. The third kappa shape index (κ3) is 6.35. The molecule has 250 valence electrons. The van der Waals surface area contributed by atoms with Gasteiger partial charge in [-0.1, -0.05) is 12.1 Å². The van der Waals surface area contributed by atoms with Gasteiger partial charge < -0.3 is 35.0 Å². The highest BCUT2D eigenvalue weighted by Crippen LogP contribution is 2.33. The lowest BCUT2D eigenvalue weighted by Crippen LogP contribution is -2.47. The van der Waals surface area contributed by atoms with Crippen LogP contribution in [-0.2, 0) is 24.4 Å². The number of anilines is 2. The second-order valence-electron chi connectivity index (χ2n) is 12.8. The molecule has 7 rings (SSSR count). The zero-order chi connectivity index (χ0) is 33.5. The van der Waals surface area contributed by atoms with Crippen molar-refractivity contribution in [3.05, 3.63) is 82.5 Å². The molecule has 3 aromatic carbocycles. The quantitative estimate of drug-likeness (QED) is 0.342. The maximum atomic E-state index is 14.6. The number of halogens is 2. The van der Waals surface area contributed by atoms with E-state index in [1.165, 1.54) is 0 Å². The summed E-state index contributed by atoms with van der Waals surface area (Å²) in [4.78, 5) is 45.6. The normalized spacial score (nSPS) is 17.2. The molecule has 2 fully saturated rings. The molecule has 0 saturated carbocycles. The van der Waals surface area contributed by atoms with Crippen molar-refractivity contribution < 1.29 is 23.1 Å². The molecule has 0 atom stereocenters. The molecule has 2 amide bonds. The molecule has 0 radical (unpaired) electrons. The fourth-order valence-electron chi connectivity index (χ4n) is 6.61. The first-order valence-corrected chi connectivity index (χ1v) is 16.1. The lowest BCUT2D eigenvalue weighted by atomic mass is 9.97. The summed E-state index contributed by atoms with van der Waals surface area (Å²) in [5.74, 6) is -2.45. The van der Waals surface area contributed by atoms with E-state index in [1.807, 2.05) is 7.05 Å². The van der Waals surface area contributed by atoms with Crippen LogP contribution >= 0.6 is 0 Å². The van der Waals surface area contributed by atoms with E-state index in [-0.39, 0.29) is 29.7 Å². The maximum absolute atomic E-state index is 14.6. The Balaban J connectivity index is 1.15. The Morgan fingerprint density at radius 1 is 0.792 bits per heavy atom. The standard InChI is InChI=1S/C35H38F2N8O3/c1-41-7-11-43(12-8-41)26-5-3-23-19-45(20-24(23)15-26)33(46)32-28-16-22(4-6-31(28)39-34(38)40-32)27-18-30(37)29(36)17-25(27)21-48-35(47)44-13-9-42(2)10-14-44/h3-6,15-18H,7-14,19-21H2,1-2H3,(H2,38,39,40). The Bertz CT molecular complexity index is 1890. The number of nitrogens with two attached hydrogens (primary N) is 1. The number of rotatable bonds is 5. The smallest absolute Gasteiger partial charge is 0.410 e. The van der Waals surface area contributed by atoms with Crippen molar-refractivity contribution in [1.29, 1.82) is 0 Å². The van der Waals surface area contributed by atoms with Crippen LogP contribution in [0.5, 0.6) is 0 Å². The third-order valence-corrected chi connectivity index (χ3v) is 9.55. The molecule has 4 heterocycles. The summed E-state index contributed by atoms with van der Waals surface area (Å²) < 4.78 is 34.7. The summed E-state index contributed by atoms with van der Waals surface area (Å²) in [6.07, 6.45) is -0.517. The zero-order valence-electron chi connectivity index (χ0n) is 27.1. The van der Waals surface area contributed by atoms with E-state index in [2.05, 4.69) is 49.9 Å². The maximum Gasteiger partial charge on any atom is 0.410 e. The molecule has 4 aromatic rings. The number of carbonyl (C=O) groups is 2. The van der Waals surface area contributed by atoms with Gasteiger partial charge in [0.1, 0.15) is 12.3 Å². The highest BCUT2D eigenvalue weighted by Gasteiger charge is 2.29. The van der Waals surface area contributed by atoms with Crippen molar-refractivity contribution in [2.75, 3.05) is 77.1 Å². The van der Waals surface area contributed by atoms with Gasteiger partial charge in [0.25, 0.3) is 5.91 Å². The van der Waals surface area contributed by atoms with Gasteiger partial charge in [-0.15, -0.1) is 0 Å². The van der Waals surface area contributed by atoms with Crippen molar-refractivity contribution in [2.24, 2.45) is 0 Å². The monoisotopic (exact) mass is 656 g/mol. The Morgan fingerprint density at radius 3 is 2.23 bits per heavy atom. The van der Waals surface area contributed by atoms with Gasteiger partial charge in [-0.25, -0.2) is 23.5 Å². The topological polar surface area (TPSA) is 111 Å². The van der Waals surface area contributed by atoms with E-state index in [0.29, 0.717) is 48.2 Å².